The molecule has 2 aliphatic rings. The highest BCUT2D eigenvalue weighted by Gasteiger charge is 2.54. The Morgan fingerprint density at radius 1 is 0.971 bits per heavy atom. The molecule has 0 bridgehead atoms. The molecule has 1 N–H and O–H groups in total. The van der Waals surface area contributed by atoms with Crippen LogP contribution in [0, 0.1) is 6.92 Å². The number of hydrogen-bond donors (Lipinski definition) is 1. The maximum Gasteiger partial charge on any atom is 0.260 e. The number of nitrogens with one attached hydrogen (secondary N) is 1. The summed E-state index contributed by atoms with van der Waals surface area (Å²) >= 11 is 0. The predicted molar refractivity (Wildman–Crippen MR) is 133 cm³/mol. The molecule has 1 spiro atoms. The first kappa shape index (κ1) is 22.4. The molecule has 0 amide bonds. The molecule has 0 saturated heterocycles. The Morgan fingerprint density at radius 2 is 1.71 bits per heavy atom. The zero-order valence-electron chi connectivity index (χ0n) is 20.1. The second kappa shape index (κ2) is 7.83. The molecular formula is C29H29NO4. The lowest BCUT2D eigenvalue weighted by molar-refractivity contribution is -0.176. The molecule has 5 heteroatoms. The Labute approximate surface area is 200 Å². The molecule has 3 aromatic carbocycles. The predicted octanol–water partition coefficient (Wildman–Crippen LogP) is 5.83. The van der Waals surface area contributed by atoms with Crippen molar-refractivity contribution in [2.75, 3.05) is 19.5 Å². The second-order valence-corrected chi connectivity index (χ2v) is 9.44. The highest BCUT2D eigenvalue weighted by Crippen LogP contribution is 2.51. The summed E-state index contributed by atoms with van der Waals surface area (Å²) in [7, 11) is 2.96. The molecule has 5 rings (SSSR count). The monoisotopic (exact) mass is 455 g/mol. The van der Waals surface area contributed by atoms with Gasteiger partial charge in [0.15, 0.2) is 0 Å². The molecule has 0 aliphatic carbocycles. The maximum absolute atomic E-state index is 13.6. The molecule has 5 nitrogen and oxygen atoms in total. The van der Waals surface area contributed by atoms with Crippen LogP contribution in [0.1, 0.15) is 46.5 Å². The summed E-state index contributed by atoms with van der Waals surface area (Å²) in [4.78, 5) is 13.6. The van der Waals surface area contributed by atoms with E-state index >= 15 is 0 Å². The van der Waals surface area contributed by atoms with Gasteiger partial charge >= 0.3 is 0 Å². The van der Waals surface area contributed by atoms with Gasteiger partial charge in [-0.05, 0) is 62.8 Å². The van der Waals surface area contributed by atoms with E-state index in [1.165, 1.54) is 25.3 Å². The molecule has 0 fully saturated rings. The van der Waals surface area contributed by atoms with Crippen LogP contribution in [-0.4, -0.2) is 25.7 Å². The van der Waals surface area contributed by atoms with E-state index in [0.29, 0.717) is 16.9 Å². The van der Waals surface area contributed by atoms with Crippen LogP contribution in [0.3, 0.4) is 0 Å². The van der Waals surface area contributed by atoms with Crippen molar-refractivity contribution in [1.29, 1.82) is 0 Å². The third-order valence-corrected chi connectivity index (χ3v) is 7.17. The smallest absolute Gasteiger partial charge is 0.260 e. The lowest BCUT2D eigenvalue weighted by Gasteiger charge is -2.41. The first-order valence-electron chi connectivity index (χ1n) is 11.4. The molecule has 0 aromatic heterocycles. The normalized spacial score (nSPS) is 19.8. The number of Topliss-reactive ketones (excluding diaryl/α,β-unsaturated/α-hetero) is 1. The largest absolute Gasteiger partial charge is 0.463 e. The minimum absolute atomic E-state index is 0.276. The van der Waals surface area contributed by atoms with Gasteiger partial charge in [-0.25, -0.2) is 0 Å². The van der Waals surface area contributed by atoms with Gasteiger partial charge in [0, 0.05) is 36.6 Å². The number of methoxy groups -OCH3 is 2. The van der Waals surface area contributed by atoms with Gasteiger partial charge < -0.3 is 19.5 Å². The number of fused-ring (bicyclic) bond motifs is 2. The molecular weight excluding hydrogens is 426 g/mol. The van der Waals surface area contributed by atoms with Crippen LogP contribution in [0.4, 0.5) is 5.69 Å². The van der Waals surface area contributed by atoms with E-state index in [0.717, 1.165) is 11.3 Å². The van der Waals surface area contributed by atoms with Gasteiger partial charge in [-0.3, -0.25) is 4.79 Å². The SMILES string of the molecule is COC(OC)(C(=O)c1ccc2c(c1)C=CC1(Nc3ccc(C)cc3C1(C)C)O2)c1ccccc1. The first-order chi connectivity index (χ1) is 16.3. The van der Waals surface area contributed by atoms with Crippen LogP contribution >= 0.6 is 0 Å². The summed E-state index contributed by atoms with van der Waals surface area (Å²) in [5, 5.41) is 3.59. The fraction of sp³-hybridized carbons (Fsp3) is 0.276. The lowest BCUT2D eigenvalue weighted by Crippen LogP contribution is -2.53. The number of benzene rings is 3. The van der Waals surface area contributed by atoms with E-state index in [4.69, 9.17) is 14.2 Å². The Hall–Kier alpha value is -3.41. The van der Waals surface area contributed by atoms with Gasteiger partial charge in [0.05, 0.1) is 5.41 Å². The van der Waals surface area contributed by atoms with Crippen LogP contribution < -0.4 is 10.1 Å². The van der Waals surface area contributed by atoms with Crippen molar-refractivity contribution in [2.24, 2.45) is 0 Å². The highest BCUT2D eigenvalue weighted by molar-refractivity contribution is 6.02. The van der Waals surface area contributed by atoms with Crippen molar-refractivity contribution in [2.45, 2.75) is 37.7 Å². The zero-order valence-corrected chi connectivity index (χ0v) is 20.1. The standard InChI is InChI=1S/C29H29NO4/c1-19-11-13-24-23(17-19)27(2,3)28(30-24)16-15-20-18-21(12-14-25(20)34-28)26(31)29(32-4,33-5)22-9-7-6-8-10-22/h6-18,30H,1-5H3. The molecule has 1 unspecified atom stereocenters. The minimum Gasteiger partial charge on any atom is -0.463 e. The summed E-state index contributed by atoms with van der Waals surface area (Å²) in [5.41, 5.74) is 4.44. The number of anilines is 1. The minimum atomic E-state index is -1.52. The number of hydrogen-bond acceptors (Lipinski definition) is 5. The summed E-state index contributed by atoms with van der Waals surface area (Å²) < 4.78 is 17.9. The average molecular weight is 456 g/mol. The quantitative estimate of drug-likeness (QED) is 0.388. The number of carbonyl (C=O) groups excluding carboxylic acids is 1. The maximum atomic E-state index is 13.6. The van der Waals surface area contributed by atoms with Crippen LogP contribution in [0.5, 0.6) is 5.75 Å². The molecule has 34 heavy (non-hydrogen) atoms. The van der Waals surface area contributed by atoms with Crippen molar-refractivity contribution in [3.63, 3.8) is 0 Å². The summed E-state index contributed by atoms with van der Waals surface area (Å²) in [6.45, 7) is 6.47. The van der Waals surface area contributed by atoms with E-state index in [-0.39, 0.29) is 11.2 Å². The van der Waals surface area contributed by atoms with Gasteiger partial charge in [0.1, 0.15) is 5.75 Å². The highest BCUT2D eigenvalue weighted by atomic mass is 16.7. The average Bonchev–Trinajstić information content (AvgIpc) is 3.06. The van der Waals surface area contributed by atoms with Crippen molar-refractivity contribution in [3.05, 3.63) is 101 Å². The van der Waals surface area contributed by atoms with Crippen LogP contribution in [0.2, 0.25) is 0 Å². The number of ketones is 1. The molecule has 2 aliphatic heterocycles. The molecule has 0 saturated carbocycles. The van der Waals surface area contributed by atoms with Crippen molar-refractivity contribution in [3.8, 4) is 5.75 Å². The second-order valence-electron chi connectivity index (χ2n) is 9.44. The number of aryl methyl sites for hydroxylation is 1. The molecule has 174 valence electrons. The molecule has 2 heterocycles. The van der Waals surface area contributed by atoms with Crippen molar-refractivity contribution in [1.82, 2.24) is 0 Å². The molecule has 3 aromatic rings. The van der Waals surface area contributed by atoms with E-state index in [2.05, 4.69) is 50.4 Å². The van der Waals surface area contributed by atoms with Crippen molar-refractivity contribution >= 4 is 17.5 Å². The van der Waals surface area contributed by atoms with Crippen LogP contribution in [-0.2, 0) is 20.7 Å². The van der Waals surface area contributed by atoms with Gasteiger partial charge in [-0.15, -0.1) is 0 Å². The summed E-state index contributed by atoms with van der Waals surface area (Å²) in [6, 6.07) is 21.1. The van der Waals surface area contributed by atoms with E-state index in [1.807, 2.05) is 48.5 Å². The lowest BCUT2D eigenvalue weighted by atomic mass is 9.76. The number of rotatable bonds is 5. The summed E-state index contributed by atoms with van der Waals surface area (Å²) in [5.74, 6) is -1.09. The van der Waals surface area contributed by atoms with Gasteiger partial charge in [-0.1, -0.05) is 48.0 Å². The zero-order chi connectivity index (χ0) is 24.1. The van der Waals surface area contributed by atoms with Crippen LogP contribution in [0.25, 0.3) is 6.08 Å². The number of carbonyl (C=O) groups is 1. The molecule has 1 atom stereocenters. The Kier molecular flexibility index (Phi) is 5.15. The van der Waals surface area contributed by atoms with E-state index < -0.39 is 11.5 Å². The van der Waals surface area contributed by atoms with Crippen LogP contribution in [0.15, 0.2) is 72.8 Å². The first-order valence-corrected chi connectivity index (χ1v) is 11.4. The van der Waals surface area contributed by atoms with Gasteiger partial charge in [0.2, 0.25) is 11.5 Å². The Bertz CT molecular complexity index is 1290. The van der Waals surface area contributed by atoms with E-state index in [9.17, 15) is 4.79 Å². The van der Waals surface area contributed by atoms with Crippen molar-refractivity contribution < 1.29 is 19.0 Å². The summed E-state index contributed by atoms with van der Waals surface area (Å²) in [6.07, 6.45) is 4.07. The van der Waals surface area contributed by atoms with E-state index in [1.54, 1.807) is 6.07 Å². The number of ether oxygens (including phenoxy) is 3. The molecule has 0 radical (unpaired) electrons. The fourth-order valence-electron chi connectivity index (χ4n) is 5.05. The van der Waals surface area contributed by atoms with Gasteiger partial charge in [-0.2, -0.15) is 0 Å². The topological polar surface area (TPSA) is 56.8 Å². The Morgan fingerprint density at radius 3 is 2.41 bits per heavy atom. The van der Waals surface area contributed by atoms with Gasteiger partial charge in [0.25, 0.3) is 5.79 Å². The third-order valence-electron chi connectivity index (χ3n) is 7.17. The Balaban J connectivity index is 1.50. The third kappa shape index (κ3) is 3.11. The fourth-order valence-corrected chi connectivity index (χ4v) is 5.05.